The minimum absolute atomic E-state index is 0.0726. The van der Waals surface area contributed by atoms with Crippen molar-refractivity contribution in [2.24, 2.45) is 0 Å². The van der Waals surface area contributed by atoms with Crippen LogP contribution in [0.3, 0.4) is 0 Å². The van der Waals surface area contributed by atoms with Crippen molar-refractivity contribution >= 4 is 23.8 Å². The molecule has 5 nitrogen and oxygen atoms in total. The Morgan fingerprint density at radius 2 is 2.06 bits per heavy atom. The Morgan fingerprint density at radius 1 is 1.33 bits per heavy atom. The van der Waals surface area contributed by atoms with Gasteiger partial charge in [-0.15, -0.1) is 0 Å². The number of carboxylic acids is 1. The average molecular weight is 274 g/mol. The summed E-state index contributed by atoms with van der Waals surface area (Å²) >= 11 is 1.87. The summed E-state index contributed by atoms with van der Waals surface area (Å²) in [5.74, 6) is 1.25. The highest BCUT2D eigenvalue weighted by Crippen LogP contribution is 2.14. The maximum Gasteiger partial charge on any atom is 0.317 e. The SMILES string of the molecule is CC(C)(CCC(=O)O)NC(=O)N1CCCSCC1. The predicted octanol–water partition coefficient (Wildman–Crippen LogP) is 1.78. The highest BCUT2D eigenvalue weighted by Gasteiger charge is 2.24. The van der Waals surface area contributed by atoms with Crippen molar-refractivity contribution < 1.29 is 14.7 Å². The van der Waals surface area contributed by atoms with E-state index in [4.69, 9.17) is 5.11 Å². The molecule has 0 atom stereocenters. The Hall–Kier alpha value is -0.910. The van der Waals surface area contributed by atoms with Gasteiger partial charge < -0.3 is 15.3 Å². The van der Waals surface area contributed by atoms with Gasteiger partial charge >= 0.3 is 12.0 Å². The second kappa shape index (κ2) is 6.87. The molecular weight excluding hydrogens is 252 g/mol. The van der Waals surface area contributed by atoms with Crippen LogP contribution in [-0.2, 0) is 4.79 Å². The van der Waals surface area contributed by atoms with Crippen molar-refractivity contribution in [1.82, 2.24) is 10.2 Å². The lowest BCUT2D eigenvalue weighted by Gasteiger charge is -2.30. The molecule has 0 saturated carbocycles. The Bertz CT molecular complexity index is 300. The summed E-state index contributed by atoms with van der Waals surface area (Å²) in [6.07, 6.45) is 1.54. The third-order valence-corrected chi connectivity index (χ3v) is 3.97. The zero-order chi connectivity index (χ0) is 13.6. The van der Waals surface area contributed by atoms with Gasteiger partial charge in [0.05, 0.1) is 0 Å². The molecule has 2 amide bonds. The van der Waals surface area contributed by atoms with Gasteiger partial charge in [-0.05, 0) is 32.4 Å². The molecule has 0 aromatic carbocycles. The van der Waals surface area contributed by atoms with E-state index in [1.54, 1.807) is 0 Å². The largest absolute Gasteiger partial charge is 0.481 e. The number of aliphatic carboxylic acids is 1. The maximum atomic E-state index is 12.1. The molecule has 0 aromatic rings. The monoisotopic (exact) mass is 274 g/mol. The molecule has 1 rings (SSSR count). The number of thioether (sulfide) groups is 1. The number of hydrogen-bond acceptors (Lipinski definition) is 3. The van der Waals surface area contributed by atoms with E-state index in [1.165, 1.54) is 0 Å². The Morgan fingerprint density at radius 3 is 2.72 bits per heavy atom. The van der Waals surface area contributed by atoms with E-state index in [1.807, 2.05) is 30.5 Å². The van der Waals surface area contributed by atoms with Crippen molar-refractivity contribution in [2.45, 2.75) is 38.6 Å². The molecule has 0 unspecified atom stereocenters. The van der Waals surface area contributed by atoms with Gasteiger partial charge in [-0.25, -0.2) is 4.79 Å². The van der Waals surface area contributed by atoms with Crippen LogP contribution in [0.15, 0.2) is 0 Å². The molecule has 2 N–H and O–H groups in total. The lowest BCUT2D eigenvalue weighted by atomic mass is 9.99. The van der Waals surface area contributed by atoms with Crippen molar-refractivity contribution in [3.63, 3.8) is 0 Å². The summed E-state index contributed by atoms with van der Waals surface area (Å²) in [4.78, 5) is 24.4. The van der Waals surface area contributed by atoms with Gasteiger partial charge in [0.1, 0.15) is 0 Å². The molecule has 1 aliphatic rings. The smallest absolute Gasteiger partial charge is 0.317 e. The quantitative estimate of drug-likeness (QED) is 0.820. The summed E-state index contributed by atoms with van der Waals surface area (Å²) in [5, 5.41) is 11.6. The minimum Gasteiger partial charge on any atom is -0.481 e. The van der Waals surface area contributed by atoms with E-state index in [-0.39, 0.29) is 12.5 Å². The number of nitrogens with zero attached hydrogens (tertiary/aromatic N) is 1. The van der Waals surface area contributed by atoms with Gasteiger partial charge in [0, 0.05) is 30.8 Å². The third kappa shape index (κ3) is 5.62. The van der Waals surface area contributed by atoms with Crippen LogP contribution in [0.1, 0.15) is 33.1 Å². The molecule has 0 aliphatic carbocycles. The van der Waals surface area contributed by atoms with Crippen LogP contribution in [0.4, 0.5) is 4.79 Å². The molecule has 1 fully saturated rings. The van der Waals surface area contributed by atoms with Crippen LogP contribution >= 0.6 is 11.8 Å². The minimum atomic E-state index is -0.830. The van der Waals surface area contributed by atoms with Gasteiger partial charge in [-0.1, -0.05) is 0 Å². The molecule has 6 heteroatoms. The standard InChI is InChI=1S/C12H22N2O3S/c1-12(2,5-4-10(15)16)13-11(17)14-6-3-8-18-9-7-14/h3-9H2,1-2H3,(H,13,17)(H,15,16). The average Bonchev–Trinajstić information content (AvgIpc) is 2.54. The Balaban J connectivity index is 2.43. The molecule has 18 heavy (non-hydrogen) atoms. The molecule has 1 heterocycles. The molecular formula is C12H22N2O3S. The fourth-order valence-electron chi connectivity index (χ4n) is 1.80. The van der Waals surface area contributed by atoms with Crippen molar-refractivity contribution in [3.05, 3.63) is 0 Å². The molecule has 1 aliphatic heterocycles. The molecule has 0 bridgehead atoms. The Labute approximate surface area is 112 Å². The first-order valence-corrected chi connectivity index (χ1v) is 7.43. The predicted molar refractivity (Wildman–Crippen MR) is 73.0 cm³/mol. The highest BCUT2D eigenvalue weighted by molar-refractivity contribution is 7.99. The van der Waals surface area contributed by atoms with Crippen LogP contribution < -0.4 is 5.32 Å². The topological polar surface area (TPSA) is 69.6 Å². The van der Waals surface area contributed by atoms with Crippen LogP contribution in [0.2, 0.25) is 0 Å². The number of amides is 2. The van der Waals surface area contributed by atoms with Crippen molar-refractivity contribution in [3.8, 4) is 0 Å². The number of hydrogen-bond donors (Lipinski definition) is 2. The number of carbonyl (C=O) groups excluding carboxylic acids is 1. The summed E-state index contributed by atoms with van der Waals surface area (Å²) in [6.45, 7) is 5.28. The first-order chi connectivity index (χ1) is 8.41. The number of rotatable bonds is 4. The van der Waals surface area contributed by atoms with Gasteiger partial charge in [0.2, 0.25) is 0 Å². The van der Waals surface area contributed by atoms with Gasteiger partial charge in [-0.3, -0.25) is 4.79 Å². The zero-order valence-electron chi connectivity index (χ0n) is 11.1. The molecule has 0 radical (unpaired) electrons. The summed E-state index contributed by atoms with van der Waals surface area (Å²) < 4.78 is 0. The van der Waals surface area contributed by atoms with E-state index in [0.717, 1.165) is 31.0 Å². The van der Waals surface area contributed by atoms with E-state index in [2.05, 4.69) is 5.32 Å². The van der Waals surface area contributed by atoms with Gasteiger partial charge in [0.15, 0.2) is 0 Å². The Kier molecular flexibility index (Phi) is 5.78. The van der Waals surface area contributed by atoms with Crippen LogP contribution in [0, 0.1) is 0 Å². The first-order valence-electron chi connectivity index (χ1n) is 6.27. The number of carboxylic acid groups (broad SMARTS) is 1. The zero-order valence-corrected chi connectivity index (χ0v) is 11.9. The van der Waals surface area contributed by atoms with Crippen LogP contribution in [0.25, 0.3) is 0 Å². The lowest BCUT2D eigenvalue weighted by Crippen LogP contribution is -2.50. The maximum absolute atomic E-state index is 12.1. The van der Waals surface area contributed by atoms with E-state index < -0.39 is 11.5 Å². The fraction of sp³-hybridized carbons (Fsp3) is 0.833. The van der Waals surface area contributed by atoms with Gasteiger partial charge in [0.25, 0.3) is 0 Å². The van der Waals surface area contributed by atoms with Crippen LogP contribution in [-0.4, -0.2) is 52.1 Å². The molecule has 1 saturated heterocycles. The lowest BCUT2D eigenvalue weighted by molar-refractivity contribution is -0.137. The third-order valence-electron chi connectivity index (χ3n) is 2.92. The van der Waals surface area contributed by atoms with E-state index in [9.17, 15) is 9.59 Å². The van der Waals surface area contributed by atoms with Crippen molar-refractivity contribution in [2.75, 3.05) is 24.6 Å². The second-order valence-corrected chi connectivity index (χ2v) is 6.39. The normalized spacial score (nSPS) is 17.1. The second-order valence-electron chi connectivity index (χ2n) is 5.16. The van der Waals surface area contributed by atoms with Crippen molar-refractivity contribution in [1.29, 1.82) is 0 Å². The summed E-state index contributed by atoms with van der Waals surface area (Å²) in [5.41, 5.74) is -0.477. The molecule has 104 valence electrons. The van der Waals surface area contributed by atoms with E-state index >= 15 is 0 Å². The fourth-order valence-corrected chi connectivity index (χ4v) is 2.69. The number of carbonyl (C=O) groups is 2. The first kappa shape index (κ1) is 15.1. The summed E-state index contributed by atoms with van der Waals surface area (Å²) in [7, 11) is 0. The molecule has 0 spiro atoms. The summed E-state index contributed by atoms with van der Waals surface area (Å²) in [6, 6.07) is -0.0760. The number of urea groups is 1. The van der Waals surface area contributed by atoms with Gasteiger partial charge in [-0.2, -0.15) is 11.8 Å². The molecule has 0 aromatic heterocycles. The highest BCUT2D eigenvalue weighted by atomic mass is 32.2. The van der Waals surface area contributed by atoms with E-state index in [0.29, 0.717) is 6.42 Å². The number of nitrogens with one attached hydrogen (secondary N) is 1. The van der Waals surface area contributed by atoms with Crippen LogP contribution in [0.5, 0.6) is 0 Å².